The predicted octanol–water partition coefficient (Wildman–Crippen LogP) is 2.08. The van der Waals surface area contributed by atoms with Crippen LogP contribution in [-0.2, 0) is 6.54 Å². The molecule has 4 nitrogen and oxygen atoms in total. The van der Waals surface area contributed by atoms with Gasteiger partial charge in [0.1, 0.15) is 0 Å². The van der Waals surface area contributed by atoms with Crippen molar-refractivity contribution < 1.29 is 0 Å². The Morgan fingerprint density at radius 1 is 1.44 bits per heavy atom. The summed E-state index contributed by atoms with van der Waals surface area (Å²) in [5, 5.41) is 6.62. The molecular weight excluding hydrogens is 339 g/mol. The molecule has 1 saturated carbocycles. The molecule has 18 heavy (non-hydrogen) atoms. The first-order valence-electron chi connectivity index (χ1n) is 6.14. The van der Waals surface area contributed by atoms with Gasteiger partial charge in [-0.25, -0.2) is 0 Å². The molecule has 0 bridgehead atoms. The van der Waals surface area contributed by atoms with Crippen molar-refractivity contribution in [2.75, 3.05) is 13.6 Å². The van der Waals surface area contributed by atoms with E-state index in [9.17, 15) is 0 Å². The van der Waals surface area contributed by atoms with Crippen LogP contribution in [0.25, 0.3) is 0 Å². The van der Waals surface area contributed by atoms with E-state index in [4.69, 9.17) is 0 Å². The van der Waals surface area contributed by atoms with Crippen molar-refractivity contribution in [3.05, 3.63) is 29.6 Å². The third kappa shape index (κ3) is 4.80. The summed E-state index contributed by atoms with van der Waals surface area (Å²) in [6.07, 6.45) is 4.52. The second kappa shape index (κ2) is 7.56. The molecule has 1 aromatic heterocycles. The molecule has 1 aromatic rings. The van der Waals surface area contributed by atoms with E-state index in [-0.39, 0.29) is 24.0 Å². The van der Waals surface area contributed by atoms with Crippen molar-refractivity contribution in [1.29, 1.82) is 0 Å². The summed E-state index contributed by atoms with van der Waals surface area (Å²) in [7, 11) is 1.80. The second-order valence-electron chi connectivity index (χ2n) is 4.52. The minimum Gasteiger partial charge on any atom is -0.356 e. The zero-order valence-corrected chi connectivity index (χ0v) is 13.3. The second-order valence-corrected chi connectivity index (χ2v) is 4.52. The van der Waals surface area contributed by atoms with Crippen LogP contribution in [-0.4, -0.2) is 24.5 Å². The van der Waals surface area contributed by atoms with Crippen molar-refractivity contribution in [2.24, 2.45) is 10.9 Å². The van der Waals surface area contributed by atoms with Gasteiger partial charge in [0.2, 0.25) is 0 Å². The fourth-order valence-electron chi connectivity index (χ4n) is 1.65. The summed E-state index contributed by atoms with van der Waals surface area (Å²) in [5.74, 6) is 1.71. The number of nitrogens with zero attached hydrogens (tertiary/aromatic N) is 2. The van der Waals surface area contributed by atoms with Crippen molar-refractivity contribution in [3.8, 4) is 0 Å². The van der Waals surface area contributed by atoms with Gasteiger partial charge in [0.05, 0.1) is 12.2 Å². The van der Waals surface area contributed by atoms with Crippen molar-refractivity contribution in [2.45, 2.75) is 26.3 Å². The smallest absolute Gasteiger partial charge is 0.191 e. The molecule has 100 valence electrons. The lowest BCUT2D eigenvalue weighted by Gasteiger charge is -2.12. The number of aliphatic imine (C=N–C) groups is 1. The van der Waals surface area contributed by atoms with Crippen LogP contribution in [0.4, 0.5) is 0 Å². The van der Waals surface area contributed by atoms with Gasteiger partial charge in [-0.05, 0) is 37.3 Å². The van der Waals surface area contributed by atoms with Crippen LogP contribution >= 0.6 is 24.0 Å². The zero-order chi connectivity index (χ0) is 12.1. The number of pyridine rings is 1. The molecule has 0 atom stereocenters. The number of aryl methyl sites for hydroxylation is 1. The SMILES string of the molecule is CN=C(NCc1ncccc1C)NCC1CC1.I. The summed E-state index contributed by atoms with van der Waals surface area (Å²) in [4.78, 5) is 8.55. The van der Waals surface area contributed by atoms with Gasteiger partial charge in [-0.3, -0.25) is 9.98 Å². The number of hydrogen-bond acceptors (Lipinski definition) is 2. The number of guanidine groups is 1. The normalized spacial score (nSPS) is 14.9. The molecule has 1 aliphatic rings. The van der Waals surface area contributed by atoms with Gasteiger partial charge in [-0.1, -0.05) is 6.07 Å². The maximum Gasteiger partial charge on any atom is 0.191 e. The highest BCUT2D eigenvalue weighted by atomic mass is 127. The zero-order valence-electron chi connectivity index (χ0n) is 10.9. The maximum atomic E-state index is 4.35. The standard InChI is InChI=1S/C13H20N4.HI/c1-10-4-3-7-15-12(10)9-17-13(14-2)16-8-11-5-6-11;/h3-4,7,11H,5-6,8-9H2,1-2H3,(H2,14,16,17);1H. The summed E-state index contributed by atoms with van der Waals surface area (Å²) in [6, 6.07) is 4.03. The van der Waals surface area contributed by atoms with Crippen LogP contribution < -0.4 is 10.6 Å². The molecule has 0 amide bonds. The van der Waals surface area contributed by atoms with Gasteiger partial charge in [0.25, 0.3) is 0 Å². The molecule has 1 aliphatic carbocycles. The molecule has 0 radical (unpaired) electrons. The van der Waals surface area contributed by atoms with Crippen molar-refractivity contribution in [3.63, 3.8) is 0 Å². The van der Waals surface area contributed by atoms with Gasteiger partial charge in [0.15, 0.2) is 5.96 Å². The Balaban J connectivity index is 0.00000162. The van der Waals surface area contributed by atoms with Crippen LogP contribution in [0, 0.1) is 12.8 Å². The molecule has 0 unspecified atom stereocenters. The molecule has 0 saturated heterocycles. The number of aromatic nitrogens is 1. The van der Waals surface area contributed by atoms with Crippen LogP contribution in [0.2, 0.25) is 0 Å². The highest BCUT2D eigenvalue weighted by Gasteiger charge is 2.20. The first-order chi connectivity index (χ1) is 8.29. The highest BCUT2D eigenvalue weighted by molar-refractivity contribution is 14.0. The lowest BCUT2D eigenvalue weighted by molar-refractivity contribution is 0.732. The van der Waals surface area contributed by atoms with E-state index < -0.39 is 0 Å². The van der Waals surface area contributed by atoms with Gasteiger partial charge in [-0.15, -0.1) is 24.0 Å². The third-order valence-electron chi connectivity index (χ3n) is 3.02. The van der Waals surface area contributed by atoms with Crippen molar-refractivity contribution >= 4 is 29.9 Å². The van der Waals surface area contributed by atoms with E-state index in [0.29, 0.717) is 0 Å². The van der Waals surface area contributed by atoms with E-state index in [1.807, 2.05) is 12.3 Å². The van der Waals surface area contributed by atoms with E-state index in [1.54, 1.807) is 7.05 Å². The molecule has 1 fully saturated rings. The minimum atomic E-state index is 0. The Morgan fingerprint density at radius 3 is 2.83 bits per heavy atom. The first-order valence-corrected chi connectivity index (χ1v) is 6.14. The van der Waals surface area contributed by atoms with Crippen molar-refractivity contribution in [1.82, 2.24) is 15.6 Å². The van der Waals surface area contributed by atoms with Gasteiger partial charge >= 0.3 is 0 Å². The number of halogens is 1. The lowest BCUT2D eigenvalue weighted by Crippen LogP contribution is -2.38. The predicted molar refractivity (Wildman–Crippen MR) is 85.3 cm³/mol. The molecular formula is C13H21IN4. The van der Waals surface area contributed by atoms with Crippen LogP contribution in [0.5, 0.6) is 0 Å². The number of nitrogens with one attached hydrogen (secondary N) is 2. The Hall–Kier alpha value is -0.850. The monoisotopic (exact) mass is 360 g/mol. The first kappa shape index (κ1) is 15.2. The average molecular weight is 360 g/mol. The summed E-state index contributed by atoms with van der Waals surface area (Å²) >= 11 is 0. The van der Waals surface area contributed by atoms with E-state index in [1.165, 1.54) is 18.4 Å². The highest BCUT2D eigenvalue weighted by Crippen LogP contribution is 2.27. The quantitative estimate of drug-likeness (QED) is 0.491. The van der Waals surface area contributed by atoms with E-state index in [0.717, 1.165) is 30.7 Å². The van der Waals surface area contributed by atoms with E-state index >= 15 is 0 Å². The van der Waals surface area contributed by atoms with Gasteiger partial charge in [0, 0.05) is 19.8 Å². The minimum absolute atomic E-state index is 0. The summed E-state index contributed by atoms with van der Waals surface area (Å²) < 4.78 is 0. The topological polar surface area (TPSA) is 49.3 Å². The Morgan fingerprint density at radius 2 is 2.22 bits per heavy atom. The number of hydrogen-bond donors (Lipinski definition) is 2. The largest absolute Gasteiger partial charge is 0.356 e. The van der Waals surface area contributed by atoms with Gasteiger partial charge < -0.3 is 10.6 Å². The Kier molecular flexibility index (Phi) is 6.38. The van der Waals surface area contributed by atoms with Crippen LogP contribution in [0.1, 0.15) is 24.1 Å². The molecule has 0 aromatic carbocycles. The van der Waals surface area contributed by atoms with Crippen LogP contribution in [0.15, 0.2) is 23.3 Å². The molecule has 0 aliphatic heterocycles. The Labute approximate surface area is 126 Å². The van der Waals surface area contributed by atoms with Gasteiger partial charge in [-0.2, -0.15) is 0 Å². The Bertz CT molecular complexity index is 402. The third-order valence-corrected chi connectivity index (χ3v) is 3.02. The van der Waals surface area contributed by atoms with E-state index in [2.05, 4.69) is 33.6 Å². The molecule has 2 rings (SSSR count). The molecule has 5 heteroatoms. The molecule has 2 N–H and O–H groups in total. The lowest BCUT2D eigenvalue weighted by atomic mass is 10.2. The molecule has 1 heterocycles. The van der Waals surface area contributed by atoms with Crippen LogP contribution in [0.3, 0.4) is 0 Å². The maximum absolute atomic E-state index is 4.35. The molecule has 0 spiro atoms. The number of rotatable bonds is 4. The fraction of sp³-hybridized carbons (Fsp3) is 0.538. The fourth-order valence-corrected chi connectivity index (χ4v) is 1.65. The summed E-state index contributed by atoms with van der Waals surface area (Å²) in [5.41, 5.74) is 2.28. The summed E-state index contributed by atoms with van der Waals surface area (Å²) in [6.45, 7) is 3.82. The average Bonchev–Trinajstić information content (AvgIpc) is 3.15.